The van der Waals surface area contributed by atoms with Gasteiger partial charge in [-0.2, -0.15) is 13.2 Å². The number of rotatable bonds is 14. The van der Waals surface area contributed by atoms with Crippen LogP contribution in [0.2, 0.25) is 0 Å². The van der Waals surface area contributed by atoms with E-state index in [9.17, 15) is 27.6 Å². The molecule has 0 aliphatic carbocycles. The second kappa shape index (κ2) is 17.8. The molecular weight excluding hydrogens is 702 g/mol. The van der Waals surface area contributed by atoms with Crippen LogP contribution in [-0.2, 0) is 29.4 Å². The summed E-state index contributed by atoms with van der Waals surface area (Å²) >= 11 is 0. The van der Waals surface area contributed by atoms with E-state index in [0.29, 0.717) is 60.2 Å². The average Bonchev–Trinajstić information content (AvgIpc) is 3.17. The maximum atomic E-state index is 15.6. The summed E-state index contributed by atoms with van der Waals surface area (Å²) in [5.74, 6) is 0.899. The summed E-state index contributed by atoms with van der Waals surface area (Å²) in [7, 11) is 4.73. The first-order valence-corrected chi connectivity index (χ1v) is 18.9. The number of nitrogens with one attached hydrogen (secondary N) is 2. The van der Waals surface area contributed by atoms with Crippen LogP contribution in [0.4, 0.5) is 28.9 Å². The normalized spacial score (nSPS) is 16.6. The molecular formula is C41H53F4N5O4. The number of likely N-dealkylation sites (tertiary alicyclic amines) is 1. The molecule has 2 aliphatic rings. The van der Waals surface area contributed by atoms with E-state index in [0.717, 1.165) is 68.8 Å². The van der Waals surface area contributed by atoms with Crippen LogP contribution in [0.15, 0.2) is 41.3 Å². The van der Waals surface area contributed by atoms with Crippen LogP contribution in [0.5, 0.6) is 5.75 Å². The van der Waals surface area contributed by atoms with Crippen molar-refractivity contribution in [3.63, 3.8) is 0 Å². The summed E-state index contributed by atoms with van der Waals surface area (Å²) in [6, 6.07) is 6.70. The molecule has 9 nitrogen and oxygen atoms in total. The van der Waals surface area contributed by atoms with Gasteiger partial charge in [0.2, 0.25) is 5.91 Å². The monoisotopic (exact) mass is 755 g/mol. The Bertz CT molecular complexity index is 1850. The summed E-state index contributed by atoms with van der Waals surface area (Å²) < 4.78 is 65.5. The molecule has 2 aromatic carbocycles. The van der Waals surface area contributed by atoms with Crippen molar-refractivity contribution < 1.29 is 31.9 Å². The molecule has 2 saturated heterocycles. The molecule has 2 fully saturated rings. The van der Waals surface area contributed by atoms with E-state index in [2.05, 4.69) is 15.5 Å². The molecule has 54 heavy (non-hydrogen) atoms. The molecule has 294 valence electrons. The Hall–Kier alpha value is -4.39. The zero-order valence-corrected chi connectivity index (χ0v) is 32.0. The second-order valence-corrected chi connectivity index (χ2v) is 14.9. The van der Waals surface area contributed by atoms with Crippen molar-refractivity contribution in [1.82, 2.24) is 14.8 Å². The highest BCUT2D eigenvalue weighted by atomic mass is 19.4. The number of hydrogen-bond donors (Lipinski definition) is 2. The fourth-order valence-electron chi connectivity index (χ4n) is 7.89. The minimum Gasteiger partial charge on any atom is -0.496 e. The van der Waals surface area contributed by atoms with Crippen molar-refractivity contribution in [2.45, 2.75) is 84.0 Å². The van der Waals surface area contributed by atoms with Gasteiger partial charge >= 0.3 is 6.18 Å². The minimum absolute atomic E-state index is 0.0754. The van der Waals surface area contributed by atoms with Crippen LogP contribution in [0.3, 0.4) is 0 Å². The van der Waals surface area contributed by atoms with Gasteiger partial charge < -0.3 is 29.6 Å². The molecule has 0 radical (unpaired) electrons. The van der Waals surface area contributed by atoms with Crippen molar-refractivity contribution >= 4 is 23.6 Å². The molecule has 2 N–H and O–H groups in total. The zero-order chi connectivity index (χ0) is 39.2. The number of pyridine rings is 1. The van der Waals surface area contributed by atoms with Crippen LogP contribution < -0.4 is 25.8 Å². The van der Waals surface area contributed by atoms with Crippen molar-refractivity contribution in [2.24, 2.45) is 18.9 Å². The second-order valence-electron chi connectivity index (χ2n) is 14.9. The van der Waals surface area contributed by atoms with Crippen LogP contribution in [0.1, 0.15) is 73.6 Å². The van der Waals surface area contributed by atoms with Gasteiger partial charge in [-0.15, -0.1) is 0 Å². The fourth-order valence-corrected chi connectivity index (χ4v) is 7.89. The van der Waals surface area contributed by atoms with Gasteiger partial charge in [-0.1, -0.05) is 12.8 Å². The minimum atomic E-state index is -4.57. The number of aldehydes is 1. The van der Waals surface area contributed by atoms with E-state index >= 15 is 4.39 Å². The third-order valence-electron chi connectivity index (χ3n) is 11.4. The summed E-state index contributed by atoms with van der Waals surface area (Å²) in [4.78, 5) is 39.5. The molecule has 0 bridgehead atoms. The first-order chi connectivity index (χ1) is 25.7. The van der Waals surface area contributed by atoms with Gasteiger partial charge in [0.25, 0.3) is 5.56 Å². The first-order valence-electron chi connectivity index (χ1n) is 18.9. The van der Waals surface area contributed by atoms with Crippen LogP contribution in [0.25, 0.3) is 11.1 Å². The number of halogens is 4. The molecule has 1 aromatic heterocycles. The van der Waals surface area contributed by atoms with Crippen LogP contribution in [-0.4, -0.2) is 68.0 Å². The molecule has 3 aromatic rings. The Morgan fingerprint density at radius 3 is 2.24 bits per heavy atom. The number of benzene rings is 2. The summed E-state index contributed by atoms with van der Waals surface area (Å²) in [6.45, 7) is 6.86. The molecule has 5 rings (SSSR count). The Morgan fingerprint density at radius 2 is 1.65 bits per heavy atom. The number of aryl methyl sites for hydroxylation is 1. The highest BCUT2D eigenvalue weighted by Gasteiger charge is 2.36. The maximum Gasteiger partial charge on any atom is 0.418 e. The quantitative estimate of drug-likeness (QED) is 0.132. The summed E-state index contributed by atoms with van der Waals surface area (Å²) in [6.07, 6.45) is 3.77. The van der Waals surface area contributed by atoms with Crippen molar-refractivity contribution in [3.8, 4) is 16.9 Å². The molecule has 3 heterocycles. The predicted molar refractivity (Wildman–Crippen MR) is 203 cm³/mol. The number of carbonyl (C=O) groups excluding carboxylic acids is 2. The first kappa shape index (κ1) is 40.8. The van der Waals surface area contributed by atoms with E-state index in [-0.39, 0.29) is 41.5 Å². The van der Waals surface area contributed by atoms with Gasteiger partial charge in [-0.05, 0) is 112 Å². The molecule has 1 amide bonds. The van der Waals surface area contributed by atoms with E-state index in [1.165, 1.54) is 23.7 Å². The number of nitrogens with zero attached hydrogens (tertiary/aromatic N) is 3. The molecule has 1 atom stereocenters. The largest absolute Gasteiger partial charge is 0.496 e. The Morgan fingerprint density at radius 1 is 1.00 bits per heavy atom. The van der Waals surface area contributed by atoms with Gasteiger partial charge in [-0.25, -0.2) is 4.39 Å². The van der Waals surface area contributed by atoms with Gasteiger partial charge in [0, 0.05) is 74.4 Å². The van der Waals surface area contributed by atoms with Crippen molar-refractivity contribution in [1.29, 1.82) is 0 Å². The number of amides is 1. The number of piperidine rings is 2. The van der Waals surface area contributed by atoms with Gasteiger partial charge in [0.05, 0.1) is 18.7 Å². The average molecular weight is 756 g/mol. The SMILES string of the molecule is CNC(=O)CCC(C=O)Nc1ccc(N2CCC(CCC3CCN(Cc4c(F)cc(-c5cn(C)c(=O)c(C)c5C)cc4OC)CC3)CC2)c(C(F)(F)F)c1. The predicted octanol–water partition coefficient (Wildman–Crippen LogP) is 7.25. The number of aromatic nitrogens is 1. The maximum absolute atomic E-state index is 15.6. The highest BCUT2D eigenvalue weighted by molar-refractivity contribution is 5.77. The van der Waals surface area contributed by atoms with Crippen molar-refractivity contribution in [2.75, 3.05) is 50.6 Å². The lowest BCUT2D eigenvalue weighted by atomic mass is 9.85. The smallest absolute Gasteiger partial charge is 0.418 e. The number of alkyl halides is 3. The number of carbonyl (C=O) groups is 2. The van der Waals surface area contributed by atoms with Crippen LogP contribution in [0, 0.1) is 31.5 Å². The number of hydrogen-bond acceptors (Lipinski definition) is 7. The number of anilines is 2. The van der Waals surface area contributed by atoms with E-state index in [1.807, 2.05) is 17.9 Å². The van der Waals surface area contributed by atoms with Crippen LogP contribution >= 0.6 is 0 Å². The number of methoxy groups -OCH3 is 1. The Kier molecular flexibility index (Phi) is 13.5. The van der Waals surface area contributed by atoms with E-state index < -0.39 is 17.8 Å². The highest BCUT2D eigenvalue weighted by Crippen LogP contribution is 2.40. The lowest BCUT2D eigenvalue weighted by molar-refractivity contribution is -0.137. The molecule has 0 spiro atoms. The fraction of sp³-hybridized carbons (Fsp3) is 0.537. The molecule has 13 heteroatoms. The molecule has 0 saturated carbocycles. The van der Waals surface area contributed by atoms with Gasteiger partial charge in [0.15, 0.2) is 0 Å². The third kappa shape index (κ3) is 9.82. The lowest BCUT2D eigenvalue weighted by Gasteiger charge is -2.36. The Labute approximate surface area is 315 Å². The number of ether oxygens (including phenoxy) is 1. The van der Waals surface area contributed by atoms with E-state index in [4.69, 9.17) is 4.74 Å². The summed E-state index contributed by atoms with van der Waals surface area (Å²) in [5.41, 5.74) is 2.95. The molecule has 2 aliphatic heterocycles. The molecule has 1 unspecified atom stereocenters. The standard InChI is InChI=1S/C41H53F4N5O4/c1-26-27(2)40(53)48(4)23-33(26)30-20-36(42)34(38(21-30)54-5)24-49-16-12-28(13-17-49)6-7-29-14-18-50(19-15-29)37-10-8-31(22-35(37)41(43,44)45)47-32(25-51)9-11-39(52)46-3/h8,10,20-23,25,28-29,32,47H,6-7,9,11-19,24H2,1-5H3,(H,46,52). The third-order valence-corrected chi connectivity index (χ3v) is 11.4. The Balaban J connectivity index is 1.11. The van der Waals surface area contributed by atoms with Gasteiger partial charge in [-0.3, -0.25) is 14.5 Å². The lowest BCUT2D eigenvalue weighted by Crippen LogP contribution is -2.36. The summed E-state index contributed by atoms with van der Waals surface area (Å²) in [5, 5.41) is 5.31. The topological polar surface area (TPSA) is 95.9 Å². The van der Waals surface area contributed by atoms with Gasteiger partial charge in [0.1, 0.15) is 17.9 Å². The van der Waals surface area contributed by atoms with Crippen molar-refractivity contribution in [3.05, 3.63) is 75.0 Å². The van der Waals surface area contributed by atoms with E-state index in [1.54, 1.807) is 33.3 Å². The zero-order valence-electron chi connectivity index (χ0n) is 32.0.